The van der Waals surface area contributed by atoms with Crippen LogP contribution in [0.2, 0.25) is 0 Å². The molecule has 4 aromatic rings. The Labute approximate surface area is 186 Å². The molecular formula is C25H26N4O3. The van der Waals surface area contributed by atoms with Crippen molar-refractivity contribution in [1.29, 1.82) is 0 Å². The number of rotatable bonds is 7. The van der Waals surface area contributed by atoms with Gasteiger partial charge in [0.25, 0.3) is 11.6 Å². The lowest BCUT2D eigenvalue weighted by Gasteiger charge is -2.09. The Bertz CT molecular complexity index is 1310. The van der Waals surface area contributed by atoms with E-state index in [2.05, 4.69) is 20.3 Å². The van der Waals surface area contributed by atoms with Crippen molar-refractivity contribution in [2.45, 2.75) is 34.3 Å². The van der Waals surface area contributed by atoms with Gasteiger partial charge < -0.3 is 19.5 Å². The summed E-state index contributed by atoms with van der Waals surface area (Å²) in [5.41, 5.74) is 6.52. The number of pyridine rings is 2. The van der Waals surface area contributed by atoms with Crippen molar-refractivity contribution in [2.24, 2.45) is 0 Å². The molecule has 0 atom stereocenters. The van der Waals surface area contributed by atoms with E-state index in [4.69, 9.17) is 9.15 Å². The molecule has 0 saturated carbocycles. The standard InChI is InChI=1S/C25H26N4O3/c1-5-31-14-18-7-6-15(2)20(11-18)29-25-27-13-22(32-25)19-8-9-26-21(12-19)23-16(3)10-17(4)28-24(23)30/h6-13H,5,14H2,1-4H3,(H,27,29)(H,28,30). The van der Waals surface area contributed by atoms with Crippen LogP contribution in [0.3, 0.4) is 0 Å². The van der Waals surface area contributed by atoms with E-state index in [-0.39, 0.29) is 5.56 Å². The van der Waals surface area contributed by atoms with Crippen molar-refractivity contribution in [3.8, 4) is 22.6 Å². The molecule has 1 aromatic carbocycles. The second-order valence-corrected chi connectivity index (χ2v) is 7.71. The molecule has 0 amide bonds. The van der Waals surface area contributed by atoms with Gasteiger partial charge in [0.05, 0.1) is 24.1 Å². The summed E-state index contributed by atoms with van der Waals surface area (Å²) >= 11 is 0. The van der Waals surface area contributed by atoms with Gasteiger partial charge in [0.2, 0.25) is 0 Å². The van der Waals surface area contributed by atoms with Gasteiger partial charge in [0.1, 0.15) is 0 Å². The van der Waals surface area contributed by atoms with Crippen molar-refractivity contribution in [2.75, 3.05) is 11.9 Å². The van der Waals surface area contributed by atoms with Crippen LogP contribution in [0.5, 0.6) is 0 Å². The molecular weight excluding hydrogens is 404 g/mol. The summed E-state index contributed by atoms with van der Waals surface area (Å²) in [6.07, 6.45) is 3.33. The third-order valence-corrected chi connectivity index (χ3v) is 5.19. The lowest BCUT2D eigenvalue weighted by atomic mass is 10.0. The minimum absolute atomic E-state index is 0.158. The zero-order valence-corrected chi connectivity index (χ0v) is 18.7. The highest BCUT2D eigenvalue weighted by Crippen LogP contribution is 2.28. The quantitative estimate of drug-likeness (QED) is 0.413. The molecule has 7 nitrogen and oxygen atoms in total. The van der Waals surface area contributed by atoms with Gasteiger partial charge in [-0.05, 0) is 68.7 Å². The lowest BCUT2D eigenvalue weighted by molar-refractivity contribution is 0.134. The number of hydrogen-bond donors (Lipinski definition) is 2. The summed E-state index contributed by atoms with van der Waals surface area (Å²) in [6.45, 7) is 8.99. The van der Waals surface area contributed by atoms with Crippen LogP contribution in [-0.4, -0.2) is 21.6 Å². The van der Waals surface area contributed by atoms with Gasteiger partial charge in [-0.3, -0.25) is 9.78 Å². The van der Waals surface area contributed by atoms with Gasteiger partial charge in [-0.15, -0.1) is 0 Å². The van der Waals surface area contributed by atoms with E-state index in [0.29, 0.717) is 36.2 Å². The van der Waals surface area contributed by atoms with Crippen LogP contribution in [0.25, 0.3) is 22.6 Å². The Morgan fingerprint density at radius 3 is 2.69 bits per heavy atom. The van der Waals surface area contributed by atoms with Gasteiger partial charge >= 0.3 is 0 Å². The average Bonchev–Trinajstić information content (AvgIpc) is 3.22. The highest BCUT2D eigenvalue weighted by atomic mass is 16.5. The van der Waals surface area contributed by atoms with Crippen LogP contribution >= 0.6 is 0 Å². The van der Waals surface area contributed by atoms with Crippen molar-refractivity contribution in [3.05, 3.63) is 81.5 Å². The smallest absolute Gasteiger partial charge is 0.299 e. The number of hydrogen-bond acceptors (Lipinski definition) is 6. The van der Waals surface area contributed by atoms with Gasteiger partial charge in [0, 0.05) is 29.7 Å². The summed E-state index contributed by atoms with van der Waals surface area (Å²) in [6, 6.07) is 12.1. The van der Waals surface area contributed by atoms with Crippen LogP contribution in [0.4, 0.5) is 11.7 Å². The summed E-state index contributed by atoms with van der Waals surface area (Å²) in [4.78, 5) is 24.1. The third-order valence-electron chi connectivity index (χ3n) is 5.19. The number of oxazole rings is 1. The van der Waals surface area contributed by atoms with E-state index in [1.54, 1.807) is 12.4 Å². The lowest BCUT2D eigenvalue weighted by Crippen LogP contribution is -2.12. The molecule has 0 aliphatic heterocycles. The summed E-state index contributed by atoms with van der Waals surface area (Å²) < 4.78 is 11.5. The molecule has 32 heavy (non-hydrogen) atoms. The maximum atomic E-state index is 12.5. The molecule has 3 heterocycles. The predicted octanol–water partition coefficient (Wildman–Crippen LogP) is 5.30. The van der Waals surface area contributed by atoms with E-state index >= 15 is 0 Å². The normalized spacial score (nSPS) is 11.0. The van der Waals surface area contributed by atoms with E-state index in [9.17, 15) is 4.79 Å². The molecule has 164 valence electrons. The van der Waals surface area contributed by atoms with Gasteiger partial charge in [-0.2, -0.15) is 0 Å². The maximum Gasteiger partial charge on any atom is 0.299 e. The number of aryl methyl sites for hydroxylation is 3. The molecule has 0 aliphatic rings. The highest BCUT2D eigenvalue weighted by Gasteiger charge is 2.13. The van der Waals surface area contributed by atoms with Gasteiger partial charge in [-0.25, -0.2) is 4.98 Å². The Morgan fingerprint density at radius 1 is 1.06 bits per heavy atom. The molecule has 0 radical (unpaired) electrons. The topological polar surface area (TPSA) is 93.0 Å². The van der Waals surface area contributed by atoms with Crippen molar-refractivity contribution >= 4 is 11.7 Å². The summed E-state index contributed by atoms with van der Waals surface area (Å²) in [5.74, 6) is 0.584. The first-order chi connectivity index (χ1) is 15.4. The van der Waals surface area contributed by atoms with Crippen LogP contribution in [0, 0.1) is 20.8 Å². The first-order valence-corrected chi connectivity index (χ1v) is 10.5. The van der Waals surface area contributed by atoms with Gasteiger partial charge in [-0.1, -0.05) is 12.1 Å². The fourth-order valence-corrected chi connectivity index (χ4v) is 3.59. The highest BCUT2D eigenvalue weighted by molar-refractivity contribution is 5.69. The van der Waals surface area contributed by atoms with Crippen molar-refractivity contribution in [3.63, 3.8) is 0 Å². The molecule has 0 saturated heterocycles. The van der Waals surface area contributed by atoms with Crippen LogP contribution in [0.1, 0.15) is 29.3 Å². The zero-order valence-electron chi connectivity index (χ0n) is 18.7. The maximum absolute atomic E-state index is 12.5. The fraction of sp³-hybridized carbons (Fsp3) is 0.240. The fourth-order valence-electron chi connectivity index (χ4n) is 3.59. The largest absolute Gasteiger partial charge is 0.423 e. The van der Waals surface area contributed by atoms with Crippen LogP contribution in [0.15, 0.2) is 58.0 Å². The molecule has 2 N–H and O–H groups in total. The monoisotopic (exact) mass is 430 g/mol. The zero-order chi connectivity index (χ0) is 22.7. The number of aromatic nitrogens is 3. The molecule has 0 aliphatic carbocycles. The molecule has 7 heteroatoms. The Morgan fingerprint density at radius 2 is 1.91 bits per heavy atom. The summed E-state index contributed by atoms with van der Waals surface area (Å²) in [7, 11) is 0. The second kappa shape index (κ2) is 9.20. The van der Waals surface area contributed by atoms with Gasteiger partial charge in [0.15, 0.2) is 5.76 Å². The summed E-state index contributed by atoms with van der Waals surface area (Å²) in [5, 5.41) is 3.25. The minimum atomic E-state index is -0.158. The molecule has 0 bridgehead atoms. The first kappa shape index (κ1) is 21.5. The number of H-pyrrole nitrogens is 1. The number of nitrogens with zero attached hydrogens (tertiary/aromatic N) is 2. The van der Waals surface area contributed by atoms with E-state index in [1.807, 2.05) is 64.1 Å². The Balaban J connectivity index is 1.60. The molecule has 3 aromatic heterocycles. The molecule has 4 rings (SSSR count). The number of nitrogens with one attached hydrogen (secondary N) is 2. The van der Waals surface area contributed by atoms with Crippen LogP contribution < -0.4 is 10.9 Å². The average molecular weight is 431 g/mol. The van der Waals surface area contributed by atoms with Crippen molar-refractivity contribution < 1.29 is 9.15 Å². The number of anilines is 2. The molecule has 0 spiro atoms. The van der Waals surface area contributed by atoms with E-state index in [0.717, 1.165) is 33.6 Å². The first-order valence-electron chi connectivity index (χ1n) is 10.5. The molecule has 0 unspecified atom stereocenters. The number of aromatic amines is 1. The Hall–Kier alpha value is -3.71. The third kappa shape index (κ3) is 4.63. The SMILES string of the molecule is CCOCc1ccc(C)c(Nc2ncc(-c3ccnc(-c4c(C)cc(C)[nH]c4=O)c3)o2)c1. The van der Waals surface area contributed by atoms with Crippen LogP contribution in [-0.2, 0) is 11.3 Å². The minimum Gasteiger partial charge on any atom is -0.423 e. The number of benzene rings is 1. The predicted molar refractivity (Wildman–Crippen MR) is 125 cm³/mol. The second-order valence-electron chi connectivity index (χ2n) is 7.71. The number of ether oxygens (including phenoxy) is 1. The molecule has 0 fully saturated rings. The van der Waals surface area contributed by atoms with E-state index in [1.165, 1.54) is 0 Å². The van der Waals surface area contributed by atoms with E-state index < -0.39 is 0 Å². The Kier molecular flexibility index (Phi) is 6.18. The van der Waals surface area contributed by atoms with Crippen molar-refractivity contribution in [1.82, 2.24) is 15.0 Å².